The number of aliphatic hydroxyl groups excluding tert-OH is 1. The van der Waals surface area contributed by atoms with Gasteiger partial charge in [0.25, 0.3) is 0 Å². The smallest absolute Gasteiger partial charge is 0.342 e. The number of hydrogen-bond acceptors (Lipinski definition) is 8. The van der Waals surface area contributed by atoms with E-state index in [0.717, 1.165) is 0 Å². The molecule has 0 aromatic rings. The second-order valence-electron chi connectivity index (χ2n) is 7.92. The molecule has 5 fully saturated rings. The quantitative estimate of drug-likeness (QED) is 0.397. The highest BCUT2D eigenvalue weighted by atomic mass is 16.7. The summed E-state index contributed by atoms with van der Waals surface area (Å²) < 4.78 is 16.4. The van der Waals surface area contributed by atoms with Gasteiger partial charge in [0, 0.05) is 12.3 Å². The lowest BCUT2D eigenvalue weighted by atomic mass is 9.52. The summed E-state index contributed by atoms with van der Waals surface area (Å²) in [6.45, 7) is 2.49. The van der Waals surface area contributed by atoms with E-state index in [1.165, 1.54) is 6.92 Å². The molecule has 3 saturated heterocycles. The predicted molar refractivity (Wildman–Crippen MR) is 69.7 cm³/mol. The average Bonchev–Trinajstić information content (AvgIpc) is 2.95. The Bertz CT molecular complexity index is 660. The maximum atomic E-state index is 12.4. The van der Waals surface area contributed by atoms with E-state index in [9.17, 15) is 24.9 Å². The van der Waals surface area contributed by atoms with Crippen LogP contribution in [0.5, 0.6) is 0 Å². The Morgan fingerprint density at radius 2 is 2.04 bits per heavy atom. The van der Waals surface area contributed by atoms with E-state index in [-0.39, 0.29) is 6.42 Å². The first-order chi connectivity index (χ1) is 10.6. The van der Waals surface area contributed by atoms with Crippen molar-refractivity contribution in [2.45, 2.75) is 55.4 Å². The summed E-state index contributed by atoms with van der Waals surface area (Å²) in [6, 6.07) is 0. The maximum absolute atomic E-state index is 12.4. The molecule has 2 bridgehead atoms. The highest BCUT2D eigenvalue weighted by molar-refractivity contribution is 5.91. The lowest BCUT2D eigenvalue weighted by molar-refractivity contribution is -0.229. The number of rotatable bonds is 2. The van der Waals surface area contributed by atoms with Crippen LogP contribution in [0.1, 0.15) is 20.3 Å². The molecule has 9 atom stereocenters. The van der Waals surface area contributed by atoms with Crippen molar-refractivity contribution in [1.82, 2.24) is 0 Å². The van der Waals surface area contributed by atoms with Crippen LogP contribution in [-0.4, -0.2) is 69.0 Å². The summed E-state index contributed by atoms with van der Waals surface area (Å²) in [5.74, 6) is -3.06. The lowest BCUT2D eigenvalue weighted by Crippen LogP contribution is -2.69. The van der Waals surface area contributed by atoms with Crippen molar-refractivity contribution in [3.63, 3.8) is 0 Å². The SMILES string of the molecule is CC(O)(CO)C1C2OC(=O)C1C1(O)CC3OC34C(=O)OC2C14C. The van der Waals surface area contributed by atoms with Crippen LogP contribution in [0.15, 0.2) is 0 Å². The molecule has 3 aliphatic heterocycles. The van der Waals surface area contributed by atoms with Crippen LogP contribution in [0, 0.1) is 17.3 Å². The second-order valence-corrected chi connectivity index (χ2v) is 7.92. The van der Waals surface area contributed by atoms with E-state index in [1.807, 2.05) is 0 Å². The molecule has 1 spiro atoms. The van der Waals surface area contributed by atoms with Crippen LogP contribution >= 0.6 is 0 Å². The van der Waals surface area contributed by atoms with Crippen LogP contribution < -0.4 is 0 Å². The minimum Gasteiger partial charge on any atom is -0.458 e. The van der Waals surface area contributed by atoms with Gasteiger partial charge in [0.05, 0.1) is 29.1 Å². The second kappa shape index (κ2) is 3.42. The maximum Gasteiger partial charge on any atom is 0.342 e. The van der Waals surface area contributed by atoms with E-state index < -0.39 is 70.9 Å². The monoisotopic (exact) mass is 326 g/mol. The Kier molecular flexibility index (Phi) is 2.10. The summed E-state index contributed by atoms with van der Waals surface area (Å²) in [5, 5.41) is 31.5. The Morgan fingerprint density at radius 1 is 1.35 bits per heavy atom. The number of ether oxygens (including phenoxy) is 3. The van der Waals surface area contributed by atoms with Crippen molar-refractivity contribution in [3.05, 3.63) is 0 Å². The zero-order valence-corrected chi connectivity index (χ0v) is 12.7. The Morgan fingerprint density at radius 3 is 2.70 bits per heavy atom. The summed E-state index contributed by atoms with van der Waals surface area (Å²) in [4.78, 5) is 24.8. The number of hydrogen-bond donors (Lipinski definition) is 3. The zero-order chi connectivity index (χ0) is 16.6. The molecule has 2 saturated carbocycles. The summed E-state index contributed by atoms with van der Waals surface area (Å²) >= 11 is 0. The van der Waals surface area contributed by atoms with Crippen molar-refractivity contribution in [1.29, 1.82) is 0 Å². The standard InChI is InChI=1S/C15H18O8/c1-12(19,4-16)6-7-10(17)21-8(6)9-13(2)14(7,20)3-5-15(13,23-5)11(18)22-9/h5-9,16,19-20H,3-4H2,1-2H3. The molecule has 23 heavy (non-hydrogen) atoms. The fourth-order valence-electron chi connectivity index (χ4n) is 5.84. The third-order valence-electron chi connectivity index (χ3n) is 7.07. The molecule has 2 aliphatic carbocycles. The fraction of sp³-hybridized carbons (Fsp3) is 0.867. The number of aliphatic hydroxyl groups is 3. The van der Waals surface area contributed by atoms with Crippen LogP contribution in [0.25, 0.3) is 0 Å². The predicted octanol–water partition coefficient (Wildman–Crippen LogP) is -1.89. The minimum absolute atomic E-state index is 0.111. The topological polar surface area (TPSA) is 126 Å². The number of epoxide rings is 1. The van der Waals surface area contributed by atoms with Gasteiger partial charge in [-0.25, -0.2) is 4.79 Å². The molecule has 9 unspecified atom stereocenters. The first-order valence-electron chi connectivity index (χ1n) is 7.80. The summed E-state index contributed by atoms with van der Waals surface area (Å²) in [7, 11) is 0. The van der Waals surface area contributed by atoms with Gasteiger partial charge in [-0.05, 0) is 13.8 Å². The molecular weight excluding hydrogens is 308 g/mol. The molecule has 0 radical (unpaired) electrons. The van der Waals surface area contributed by atoms with Crippen LogP contribution in [0.2, 0.25) is 0 Å². The normalized spacial score (nSPS) is 60.7. The molecule has 5 aliphatic rings. The highest BCUT2D eigenvalue weighted by Crippen LogP contribution is 2.77. The van der Waals surface area contributed by atoms with E-state index in [1.54, 1.807) is 6.92 Å². The minimum atomic E-state index is -1.64. The number of carbonyl (C=O) groups excluding carboxylic acids is 2. The van der Waals surface area contributed by atoms with Crippen molar-refractivity contribution < 1.29 is 39.1 Å². The first kappa shape index (κ1) is 14.2. The van der Waals surface area contributed by atoms with Gasteiger partial charge in [0.15, 0.2) is 6.10 Å². The average molecular weight is 326 g/mol. The molecule has 5 rings (SSSR count). The van der Waals surface area contributed by atoms with Gasteiger partial charge in [-0.15, -0.1) is 0 Å². The van der Waals surface area contributed by atoms with Gasteiger partial charge in [-0.2, -0.15) is 0 Å². The van der Waals surface area contributed by atoms with E-state index in [2.05, 4.69) is 0 Å². The molecule has 0 aromatic heterocycles. The Labute approximate surface area is 131 Å². The molecule has 0 aromatic carbocycles. The molecule has 0 amide bonds. The van der Waals surface area contributed by atoms with Crippen molar-refractivity contribution >= 4 is 11.9 Å². The number of carbonyl (C=O) groups is 2. The van der Waals surface area contributed by atoms with Crippen LogP contribution in [0.4, 0.5) is 0 Å². The van der Waals surface area contributed by atoms with Crippen LogP contribution in [-0.2, 0) is 23.8 Å². The molecule has 8 heteroatoms. The lowest BCUT2D eigenvalue weighted by Gasteiger charge is -2.53. The molecule has 126 valence electrons. The van der Waals surface area contributed by atoms with Gasteiger partial charge in [-0.1, -0.05) is 0 Å². The van der Waals surface area contributed by atoms with E-state index in [4.69, 9.17) is 14.2 Å². The van der Waals surface area contributed by atoms with Gasteiger partial charge < -0.3 is 29.5 Å². The molecule has 8 nitrogen and oxygen atoms in total. The first-order valence-corrected chi connectivity index (χ1v) is 7.80. The van der Waals surface area contributed by atoms with E-state index in [0.29, 0.717) is 0 Å². The zero-order valence-electron chi connectivity index (χ0n) is 12.7. The van der Waals surface area contributed by atoms with Gasteiger partial charge >= 0.3 is 11.9 Å². The highest BCUT2D eigenvalue weighted by Gasteiger charge is 2.95. The van der Waals surface area contributed by atoms with Gasteiger partial charge in [0.1, 0.15) is 12.2 Å². The van der Waals surface area contributed by atoms with Crippen molar-refractivity contribution in [2.75, 3.05) is 6.61 Å². The number of fused-ring (bicyclic) bond motifs is 4. The van der Waals surface area contributed by atoms with Crippen LogP contribution in [0.3, 0.4) is 0 Å². The molecule has 3 heterocycles. The summed E-state index contributed by atoms with van der Waals surface area (Å²) in [5.41, 5.74) is -5.55. The Balaban J connectivity index is 1.74. The third kappa shape index (κ3) is 1.10. The third-order valence-corrected chi connectivity index (χ3v) is 7.07. The number of esters is 2. The molecular formula is C15H18O8. The Hall–Kier alpha value is -1.22. The largest absolute Gasteiger partial charge is 0.458 e. The summed E-state index contributed by atoms with van der Waals surface area (Å²) in [6.07, 6.45) is -2.19. The van der Waals surface area contributed by atoms with Crippen molar-refractivity contribution in [3.8, 4) is 0 Å². The van der Waals surface area contributed by atoms with E-state index >= 15 is 0 Å². The molecule has 3 N–H and O–H groups in total. The van der Waals surface area contributed by atoms with Gasteiger partial charge in [0.2, 0.25) is 5.60 Å². The fourth-order valence-corrected chi connectivity index (χ4v) is 5.84. The van der Waals surface area contributed by atoms with Gasteiger partial charge in [-0.3, -0.25) is 4.79 Å². The van der Waals surface area contributed by atoms with Crippen molar-refractivity contribution in [2.24, 2.45) is 17.3 Å².